The van der Waals surface area contributed by atoms with Crippen molar-refractivity contribution < 1.29 is 9.90 Å². The number of aromatic nitrogens is 1. The molecule has 1 atom stereocenters. The number of aryl methyl sites for hydroxylation is 1. The fourth-order valence-corrected chi connectivity index (χ4v) is 3.63. The van der Waals surface area contributed by atoms with Crippen LogP contribution in [0.2, 0.25) is 0 Å². The summed E-state index contributed by atoms with van der Waals surface area (Å²) < 4.78 is 2.24. The summed E-state index contributed by atoms with van der Waals surface area (Å²) in [5, 5.41) is 9.55. The van der Waals surface area contributed by atoms with Crippen LogP contribution in [0.15, 0.2) is 6.07 Å². The summed E-state index contributed by atoms with van der Waals surface area (Å²) in [5.74, 6) is 0.206. The zero-order valence-corrected chi connectivity index (χ0v) is 14.5. The fraction of sp³-hybridized carbons (Fsp3) is 0.722. The molecule has 2 rings (SSSR count). The van der Waals surface area contributed by atoms with Crippen LogP contribution >= 0.6 is 0 Å². The first-order valence-corrected chi connectivity index (χ1v) is 8.43. The molecule has 0 amide bonds. The minimum absolute atomic E-state index is 0.0579. The zero-order chi connectivity index (χ0) is 16.3. The number of Topliss-reactive ketones (excluding diaryl/α,β-unsaturated/α-hetero) is 1. The molecule has 0 aliphatic carbocycles. The number of hydrogen-bond acceptors (Lipinski definition) is 3. The third-order valence-corrected chi connectivity index (χ3v) is 4.93. The number of aliphatic hydroxyl groups excluding tert-OH is 1. The van der Waals surface area contributed by atoms with E-state index < -0.39 is 0 Å². The van der Waals surface area contributed by atoms with E-state index in [0.29, 0.717) is 6.54 Å². The number of aliphatic hydroxyl groups is 1. The summed E-state index contributed by atoms with van der Waals surface area (Å²) in [5.41, 5.74) is 3.06. The molecule has 22 heavy (non-hydrogen) atoms. The number of rotatable bonds is 6. The maximum absolute atomic E-state index is 12.7. The van der Waals surface area contributed by atoms with Crippen molar-refractivity contribution in [1.82, 2.24) is 9.47 Å². The Morgan fingerprint density at radius 2 is 2.14 bits per heavy atom. The number of piperidine rings is 1. The molecule has 1 aromatic rings. The minimum atomic E-state index is -0.0579. The van der Waals surface area contributed by atoms with Crippen LogP contribution in [0.5, 0.6) is 0 Å². The van der Waals surface area contributed by atoms with Crippen LogP contribution < -0.4 is 0 Å². The van der Waals surface area contributed by atoms with Crippen molar-refractivity contribution in [1.29, 1.82) is 0 Å². The number of carbonyl (C=O) groups is 1. The molecule has 0 saturated carbocycles. The fourth-order valence-electron chi connectivity index (χ4n) is 3.63. The molecular formula is C18H30N2O2. The standard InChI is InChI=1S/C18H30N2O2/c1-5-8-20-14(2)10-16(15(20)3)17(22)11-19-9-6-7-18(4,12-19)13-21/h10,21H,5-9,11-13H2,1-4H3. The Labute approximate surface area is 134 Å². The first-order chi connectivity index (χ1) is 10.4. The van der Waals surface area contributed by atoms with E-state index in [-0.39, 0.29) is 17.8 Å². The number of nitrogens with zero attached hydrogens (tertiary/aromatic N) is 2. The van der Waals surface area contributed by atoms with Crippen LogP contribution in [0.3, 0.4) is 0 Å². The van der Waals surface area contributed by atoms with Gasteiger partial charge in [0.05, 0.1) is 6.54 Å². The van der Waals surface area contributed by atoms with Gasteiger partial charge in [-0.25, -0.2) is 0 Å². The predicted octanol–water partition coefficient (Wildman–Crippen LogP) is 2.79. The van der Waals surface area contributed by atoms with E-state index in [4.69, 9.17) is 0 Å². The van der Waals surface area contributed by atoms with E-state index in [1.54, 1.807) is 0 Å². The van der Waals surface area contributed by atoms with Crippen molar-refractivity contribution >= 4 is 5.78 Å². The maximum Gasteiger partial charge on any atom is 0.178 e. The predicted molar refractivity (Wildman–Crippen MR) is 89.4 cm³/mol. The third-order valence-electron chi connectivity index (χ3n) is 4.93. The van der Waals surface area contributed by atoms with E-state index >= 15 is 0 Å². The molecule has 0 aromatic carbocycles. The summed E-state index contributed by atoms with van der Waals surface area (Å²) in [6.45, 7) is 11.8. The maximum atomic E-state index is 12.7. The third kappa shape index (κ3) is 3.61. The molecule has 1 fully saturated rings. The quantitative estimate of drug-likeness (QED) is 0.822. The minimum Gasteiger partial charge on any atom is -0.396 e. The lowest BCUT2D eigenvalue weighted by Gasteiger charge is -2.39. The zero-order valence-electron chi connectivity index (χ0n) is 14.5. The van der Waals surface area contributed by atoms with Gasteiger partial charge >= 0.3 is 0 Å². The molecule has 1 aliphatic rings. The summed E-state index contributed by atoms with van der Waals surface area (Å²) in [6, 6.07) is 2.03. The topological polar surface area (TPSA) is 45.5 Å². The summed E-state index contributed by atoms with van der Waals surface area (Å²) >= 11 is 0. The van der Waals surface area contributed by atoms with Crippen molar-refractivity contribution in [3.8, 4) is 0 Å². The molecule has 2 heterocycles. The molecule has 0 spiro atoms. The van der Waals surface area contributed by atoms with E-state index in [9.17, 15) is 9.90 Å². The highest BCUT2D eigenvalue weighted by Gasteiger charge is 2.31. The van der Waals surface area contributed by atoms with Gasteiger partial charge in [-0.3, -0.25) is 9.69 Å². The average Bonchev–Trinajstić information content (AvgIpc) is 2.76. The largest absolute Gasteiger partial charge is 0.396 e. The molecule has 4 nitrogen and oxygen atoms in total. The molecule has 1 aromatic heterocycles. The lowest BCUT2D eigenvalue weighted by atomic mass is 9.82. The van der Waals surface area contributed by atoms with Gasteiger partial charge in [0.25, 0.3) is 0 Å². The Morgan fingerprint density at radius 3 is 2.77 bits per heavy atom. The van der Waals surface area contributed by atoms with Crippen molar-refractivity contribution in [2.24, 2.45) is 5.41 Å². The first-order valence-electron chi connectivity index (χ1n) is 8.43. The van der Waals surface area contributed by atoms with Crippen LogP contribution in [0.25, 0.3) is 0 Å². The number of likely N-dealkylation sites (tertiary alicyclic amines) is 1. The van der Waals surface area contributed by atoms with Gasteiger partial charge in [-0.15, -0.1) is 0 Å². The Bertz CT molecular complexity index is 535. The van der Waals surface area contributed by atoms with Gasteiger partial charge < -0.3 is 9.67 Å². The smallest absolute Gasteiger partial charge is 0.178 e. The van der Waals surface area contributed by atoms with Crippen LogP contribution in [0.1, 0.15) is 54.9 Å². The second-order valence-electron chi connectivity index (χ2n) is 7.14. The monoisotopic (exact) mass is 306 g/mol. The van der Waals surface area contributed by atoms with E-state index in [2.05, 4.69) is 30.2 Å². The van der Waals surface area contributed by atoms with E-state index in [1.165, 1.54) is 5.69 Å². The van der Waals surface area contributed by atoms with Gasteiger partial charge in [-0.05, 0) is 45.7 Å². The Balaban J connectivity index is 2.08. The van der Waals surface area contributed by atoms with Gasteiger partial charge in [0.2, 0.25) is 0 Å². The lowest BCUT2D eigenvalue weighted by Crippen LogP contribution is -2.45. The molecule has 1 saturated heterocycles. The van der Waals surface area contributed by atoms with Crippen LogP contribution in [-0.2, 0) is 6.54 Å². The Hall–Kier alpha value is -1.13. The number of hydrogen-bond donors (Lipinski definition) is 1. The second-order valence-corrected chi connectivity index (χ2v) is 7.14. The highest BCUT2D eigenvalue weighted by Crippen LogP contribution is 2.29. The van der Waals surface area contributed by atoms with Crippen molar-refractivity contribution in [3.63, 3.8) is 0 Å². The summed E-state index contributed by atoms with van der Waals surface area (Å²) in [4.78, 5) is 14.9. The SMILES string of the molecule is CCCn1c(C)cc(C(=O)CN2CCCC(C)(CO)C2)c1C. The van der Waals surface area contributed by atoms with E-state index in [0.717, 1.165) is 50.2 Å². The molecule has 124 valence electrons. The number of ketones is 1. The van der Waals surface area contributed by atoms with Crippen molar-refractivity contribution in [2.75, 3.05) is 26.2 Å². The van der Waals surface area contributed by atoms with Gasteiger partial charge in [0.15, 0.2) is 5.78 Å². The lowest BCUT2D eigenvalue weighted by molar-refractivity contribution is 0.0445. The van der Waals surface area contributed by atoms with Crippen LogP contribution in [-0.4, -0.2) is 46.6 Å². The Kier molecular flexibility index (Phi) is 5.45. The second kappa shape index (κ2) is 6.97. The van der Waals surface area contributed by atoms with Gasteiger partial charge in [0, 0.05) is 42.1 Å². The highest BCUT2D eigenvalue weighted by molar-refractivity contribution is 5.99. The molecule has 1 unspecified atom stereocenters. The molecule has 0 bridgehead atoms. The number of carbonyl (C=O) groups excluding carboxylic acids is 1. The van der Waals surface area contributed by atoms with E-state index in [1.807, 2.05) is 13.0 Å². The van der Waals surface area contributed by atoms with Crippen LogP contribution in [0.4, 0.5) is 0 Å². The van der Waals surface area contributed by atoms with Gasteiger partial charge in [0.1, 0.15) is 0 Å². The molecule has 1 N–H and O–H groups in total. The summed E-state index contributed by atoms with van der Waals surface area (Å²) in [6.07, 6.45) is 3.17. The molecule has 0 radical (unpaired) electrons. The summed E-state index contributed by atoms with van der Waals surface area (Å²) in [7, 11) is 0. The Morgan fingerprint density at radius 1 is 1.41 bits per heavy atom. The van der Waals surface area contributed by atoms with Gasteiger partial charge in [-0.1, -0.05) is 13.8 Å². The molecule has 4 heteroatoms. The average molecular weight is 306 g/mol. The normalized spacial score (nSPS) is 23.0. The van der Waals surface area contributed by atoms with Crippen molar-refractivity contribution in [3.05, 3.63) is 23.0 Å². The van der Waals surface area contributed by atoms with Crippen LogP contribution in [0, 0.1) is 19.3 Å². The first kappa shape index (κ1) is 17.2. The molecular weight excluding hydrogens is 276 g/mol. The highest BCUT2D eigenvalue weighted by atomic mass is 16.3. The molecule has 1 aliphatic heterocycles. The van der Waals surface area contributed by atoms with Crippen molar-refractivity contribution in [2.45, 2.75) is 53.5 Å². The van der Waals surface area contributed by atoms with Gasteiger partial charge in [-0.2, -0.15) is 0 Å².